The van der Waals surface area contributed by atoms with Gasteiger partial charge < -0.3 is 14.2 Å². The van der Waals surface area contributed by atoms with E-state index in [9.17, 15) is 14.4 Å². The van der Waals surface area contributed by atoms with Crippen LogP contribution < -0.4 is 0 Å². The summed E-state index contributed by atoms with van der Waals surface area (Å²) in [7, 11) is 0. The summed E-state index contributed by atoms with van der Waals surface area (Å²) in [5, 5.41) is 0. The maximum Gasteiger partial charge on any atom is 0.306 e. The molecule has 0 aromatic rings. The highest BCUT2D eigenvalue weighted by molar-refractivity contribution is 5.71. The minimum atomic E-state index is -0.780. The zero-order valence-corrected chi connectivity index (χ0v) is 49.6. The molecule has 1 unspecified atom stereocenters. The van der Waals surface area contributed by atoms with E-state index in [4.69, 9.17) is 14.2 Å². The molecule has 0 amide bonds. The Morgan fingerprint density at radius 2 is 0.486 bits per heavy atom. The highest BCUT2D eigenvalue weighted by Gasteiger charge is 2.19. The summed E-state index contributed by atoms with van der Waals surface area (Å²) in [6.45, 7) is 6.62. The summed E-state index contributed by atoms with van der Waals surface area (Å²) in [4.78, 5) is 38.3. The first-order valence-electron chi connectivity index (χ1n) is 32.6. The smallest absolute Gasteiger partial charge is 0.306 e. The van der Waals surface area contributed by atoms with Crippen LogP contribution >= 0.6 is 0 Å². The third kappa shape index (κ3) is 60.2. The van der Waals surface area contributed by atoms with E-state index in [-0.39, 0.29) is 31.1 Å². The first-order chi connectivity index (χ1) is 36.5. The number of carbonyl (C=O) groups is 3. The predicted octanol–water partition coefficient (Wildman–Crippen LogP) is 22.2. The molecule has 74 heavy (non-hydrogen) atoms. The summed E-state index contributed by atoms with van der Waals surface area (Å²) in [5.74, 6) is -0.875. The topological polar surface area (TPSA) is 78.9 Å². The van der Waals surface area contributed by atoms with Crippen molar-refractivity contribution in [1.29, 1.82) is 0 Å². The minimum Gasteiger partial charge on any atom is -0.462 e. The van der Waals surface area contributed by atoms with Gasteiger partial charge in [0.1, 0.15) is 13.2 Å². The van der Waals surface area contributed by atoms with Gasteiger partial charge in [0.2, 0.25) is 0 Å². The Hall–Kier alpha value is -2.63. The number of esters is 3. The van der Waals surface area contributed by atoms with Crippen molar-refractivity contribution in [2.75, 3.05) is 13.2 Å². The zero-order chi connectivity index (χ0) is 53.6. The highest BCUT2D eigenvalue weighted by atomic mass is 16.6. The molecular formula is C68H124O6. The van der Waals surface area contributed by atoms with Crippen molar-refractivity contribution >= 4 is 17.9 Å². The highest BCUT2D eigenvalue weighted by Crippen LogP contribution is 2.17. The van der Waals surface area contributed by atoms with E-state index < -0.39 is 6.10 Å². The summed E-state index contributed by atoms with van der Waals surface area (Å²) < 4.78 is 16.9. The Balaban J connectivity index is 4.21. The van der Waals surface area contributed by atoms with Gasteiger partial charge in [-0.05, 0) is 103 Å². The van der Waals surface area contributed by atoms with Gasteiger partial charge >= 0.3 is 17.9 Å². The Labute approximate surface area is 460 Å². The molecule has 0 bridgehead atoms. The van der Waals surface area contributed by atoms with Gasteiger partial charge in [-0.15, -0.1) is 0 Å². The fourth-order valence-electron chi connectivity index (χ4n) is 9.58. The lowest BCUT2D eigenvalue weighted by Gasteiger charge is -2.18. The molecule has 0 aromatic carbocycles. The Morgan fingerprint density at radius 1 is 0.270 bits per heavy atom. The number of allylic oxidation sites excluding steroid dienone is 8. The van der Waals surface area contributed by atoms with E-state index in [0.29, 0.717) is 19.3 Å². The van der Waals surface area contributed by atoms with E-state index >= 15 is 0 Å². The Bertz CT molecular complexity index is 1280. The summed E-state index contributed by atoms with van der Waals surface area (Å²) in [6.07, 6.45) is 78.4. The molecule has 0 saturated carbocycles. The normalized spacial score (nSPS) is 12.3. The second-order valence-electron chi connectivity index (χ2n) is 22.0. The summed E-state index contributed by atoms with van der Waals surface area (Å²) in [6, 6.07) is 0. The third-order valence-corrected chi connectivity index (χ3v) is 14.5. The molecule has 432 valence electrons. The first kappa shape index (κ1) is 71.4. The van der Waals surface area contributed by atoms with Gasteiger partial charge in [-0.2, -0.15) is 0 Å². The first-order valence-corrected chi connectivity index (χ1v) is 32.6. The van der Waals surface area contributed by atoms with Crippen LogP contribution in [0.25, 0.3) is 0 Å². The summed E-state index contributed by atoms with van der Waals surface area (Å²) in [5.41, 5.74) is 0. The van der Waals surface area contributed by atoms with Crippen molar-refractivity contribution in [3.63, 3.8) is 0 Å². The number of carbonyl (C=O) groups excluding carboxylic acids is 3. The van der Waals surface area contributed by atoms with Gasteiger partial charge in [0.05, 0.1) is 0 Å². The molecule has 0 heterocycles. The molecule has 0 aliphatic rings. The molecule has 6 heteroatoms. The molecule has 0 aliphatic carbocycles. The number of rotatable bonds is 60. The monoisotopic (exact) mass is 1040 g/mol. The van der Waals surface area contributed by atoms with Gasteiger partial charge in [0.15, 0.2) is 6.10 Å². The fourth-order valence-corrected chi connectivity index (χ4v) is 9.58. The van der Waals surface area contributed by atoms with E-state index in [1.54, 1.807) is 0 Å². The Morgan fingerprint density at radius 3 is 0.784 bits per heavy atom. The van der Waals surface area contributed by atoms with Crippen LogP contribution in [0.15, 0.2) is 48.6 Å². The lowest BCUT2D eigenvalue weighted by atomic mass is 10.0. The van der Waals surface area contributed by atoms with Crippen LogP contribution in [-0.4, -0.2) is 37.2 Å². The van der Waals surface area contributed by atoms with Crippen molar-refractivity contribution in [2.24, 2.45) is 0 Å². The van der Waals surface area contributed by atoms with Gasteiger partial charge in [0, 0.05) is 19.3 Å². The van der Waals surface area contributed by atoms with E-state index in [2.05, 4.69) is 69.4 Å². The van der Waals surface area contributed by atoms with Crippen LogP contribution in [-0.2, 0) is 28.6 Å². The molecule has 0 spiro atoms. The fraction of sp³-hybridized carbons (Fsp3) is 0.838. The molecule has 0 rings (SSSR count). The number of unbranched alkanes of at least 4 members (excludes halogenated alkanes) is 41. The van der Waals surface area contributed by atoms with Gasteiger partial charge in [0.25, 0.3) is 0 Å². The molecule has 6 nitrogen and oxygen atoms in total. The standard InChI is InChI=1S/C68H124O6/c1-4-7-10-13-16-19-22-25-27-29-30-31-32-33-34-35-36-37-38-40-41-43-46-49-52-55-58-61-67(70)73-64-65(63-72-66(69)60-57-54-51-48-45-24-21-18-15-12-9-6-3)74-68(71)62-59-56-53-50-47-44-42-39-28-26-23-20-17-14-11-8-5-2/h17-18,20-21,26,28-30,65H,4-16,19,22-25,27,31-64H2,1-3H3/b20-17-,21-18-,28-26-,30-29-. The van der Waals surface area contributed by atoms with Crippen molar-refractivity contribution in [2.45, 2.75) is 354 Å². The summed E-state index contributed by atoms with van der Waals surface area (Å²) >= 11 is 0. The average Bonchev–Trinajstić information content (AvgIpc) is 3.40. The van der Waals surface area contributed by atoms with Crippen LogP contribution in [0.4, 0.5) is 0 Å². The van der Waals surface area contributed by atoms with Crippen molar-refractivity contribution in [3.8, 4) is 0 Å². The van der Waals surface area contributed by atoms with Crippen LogP contribution in [0.3, 0.4) is 0 Å². The molecule has 0 aromatic heterocycles. The lowest BCUT2D eigenvalue weighted by Crippen LogP contribution is -2.30. The molecule has 0 aliphatic heterocycles. The largest absolute Gasteiger partial charge is 0.462 e. The molecular weight excluding hydrogens is 913 g/mol. The van der Waals surface area contributed by atoms with Crippen molar-refractivity contribution in [1.82, 2.24) is 0 Å². The zero-order valence-electron chi connectivity index (χ0n) is 49.6. The minimum absolute atomic E-state index is 0.0762. The SMILES string of the molecule is CCCCC/C=C\C/C=C\CCCCCCCCCC(=O)OC(COC(=O)CCCCCCC/C=C\CCCCC)COC(=O)CCCCCCCCCCCCCCCCC/C=C\CCCCCCCCCC. The predicted molar refractivity (Wildman–Crippen MR) is 321 cm³/mol. The van der Waals surface area contributed by atoms with Crippen LogP contribution in [0.5, 0.6) is 0 Å². The lowest BCUT2D eigenvalue weighted by molar-refractivity contribution is -0.167. The van der Waals surface area contributed by atoms with Crippen molar-refractivity contribution in [3.05, 3.63) is 48.6 Å². The molecule has 0 N–H and O–H groups in total. The second-order valence-corrected chi connectivity index (χ2v) is 22.0. The molecule has 0 saturated heterocycles. The van der Waals surface area contributed by atoms with E-state index in [1.807, 2.05) is 0 Å². The van der Waals surface area contributed by atoms with E-state index in [0.717, 1.165) is 77.0 Å². The molecule has 0 fully saturated rings. The maximum atomic E-state index is 12.9. The number of hydrogen-bond donors (Lipinski definition) is 0. The van der Waals surface area contributed by atoms with Gasteiger partial charge in [-0.1, -0.05) is 275 Å². The maximum absolute atomic E-state index is 12.9. The number of hydrogen-bond acceptors (Lipinski definition) is 6. The molecule has 1 atom stereocenters. The second kappa shape index (κ2) is 62.9. The number of ether oxygens (including phenoxy) is 3. The van der Waals surface area contributed by atoms with Gasteiger partial charge in [-0.25, -0.2) is 0 Å². The molecule has 0 radical (unpaired) electrons. The van der Waals surface area contributed by atoms with Gasteiger partial charge in [-0.3, -0.25) is 14.4 Å². The van der Waals surface area contributed by atoms with Crippen LogP contribution in [0.1, 0.15) is 348 Å². The third-order valence-electron chi connectivity index (χ3n) is 14.5. The van der Waals surface area contributed by atoms with E-state index in [1.165, 1.54) is 231 Å². The average molecular weight is 1040 g/mol. The van der Waals surface area contributed by atoms with Crippen molar-refractivity contribution < 1.29 is 28.6 Å². The Kier molecular flexibility index (Phi) is 60.7. The quantitative estimate of drug-likeness (QED) is 0.0261. The van der Waals surface area contributed by atoms with Crippen LogP contribution in [0, 0.1) is 0 Å². The van der Waals surface area contributed by atoms with Crippen LogP contribution in [0.2, 0.25) is 0 Å².